The van der Waals surface area contributed by atoms with E-state index in [-0.39, 0.29) is 29.0 Å². The van der Waals surface area contributed by atoms with E-state index in [2.05, 4.69) is 16.0 Å². The maximum Gasteiger partial charge on any atom is 0.270 e. The molecular formula is C25H27ClFN5O2. The molecule has 4 rings (SSSR count). The van der Waals surface area contributed by atoms with Crippen LogP contribution in [0.4, 0.5) is 15.8 Å². The van der Waals surface area contributed by atoms with Crippen molar-refractivity contribution in [1.82, 2.24) is 9.55 Å². The van der Waals surface area contributed by atoms with Gasteiger partial charge in [0.1, 0.15) is 33.9 Å². The Morgan fingerprint density at radius 2 is 1.79 bits per heavy atom. The monoisotopic (exact) mass is 483 g/mol. The number of aromatic nitrogens is 2. The molecule has 1 aliphatic rings. The zero-order valence-corrected chi connectivity index (χ0v) is 20.4. The fraction of sp³-hybridized carbons (Fsp3) is 0.400. The molecule has 0 saturated heterocycles. The van der Waals surface area contributed by atoms with Crippen molar-refractivity contribution in [1.29, 1.82) is 5.26 Å². The summed E-state index contributed by atoms with van der Waals surface area (Å²) < 4.78 is 20.5. The number of benzene rings is 1. The second-order valence-electron chi connectivity index (χ2n) is 8.70. The van der Waals surface area contributed by atoms with Gasteiger partial charge in [0.25, 0.3) is 5.56 Å². The maximum atomic E-state index is 13.6. The van der Waals surface area contributed by atoms with Crippen LogP contribution in [0.3, 0.4) is 0 Å². The Morgan fingerprint density at radius 1 is 1.15 bits per heavy atom. The number of halogens is 2. The fourth-order valence-corrected chi connectivity index (χ4v) is 5.12. The van der Waals surface area contributed by atoms with Crippen LogP contribution in [0.1, 0.15) is 31.2 Å². The van der Waals surface area contributed by atoms with Gasteiger partial charge in [-0.05, 0) is 49.9 Å². The molecule has 0 atom stereocenters. The fourth-order valence-electron chi connectivity index (χ4n) is 4.97. The summed E-state index contributed by atoms with van der Waals surface area (Å²) in [6.07, 6.45) is 3.50. The molecule has 2 aromatic heterocycles. The molecule has 0 radical (unpaired) electrons. The van der Waals surface area contributed by atoms with Gasteiger partial charge in [0.2, 0.25) is 0 Å². The molecule has 1 fully saturated rings. The number of hydrogen-bond acceptors (Lipinski definition) is 6. The van der Waals surface area contributed by atoms with Gasteiger partial charge in [0, 0.05) is 39.3 Å². The first kappa shape index (κ1) is 23.8. The summed E-state index contributed by atoms with van der Waals surface area (Å²) in [5.74, 6) is 0.178. The standard InChI is InChI=1S/C25H27ClFN5O2/c1-30(19-10-5-15(27)13-21(19)34-4)16-6-8-17(9-7-16)31(2)24-18(14-28)25(33)32(3)20-11-12-22(26)29-23(20)24/h5,10-13,16-17H,6-9H2,1-4H3/t16-,17-. The molecule has 0 unspecified atom stereocenters. The quantitative estimate of drug-likeness (QED) is 0.498. The summed E-state index contributed by atoms with van der Waals surface area (Å²) in [6.45, 7) is 0. The second-order valence-corrected chi connectivity index (χ2v) is 9.09. The Bertz CT molecular complexity index is 1330. The van der Waals surface area contributed by atoms with Crippen molar-refractivity contribution in [2.45, 2.75) is 37.8 Å². The molecule has 1 aromatic carbocycles. The predicted molar refractivity (Wildman–Crippen MR) is 133 cm³/mol. The molecule has 0 bridgehead atoms. The predicted octanol–water partition coefficient (Wildman–Crippen LogP) is 4.49. The van der Waals surface area contributed by atoms with Crippen molar-refractivity contribution < 1.29 is 9.13 Å². The van der Waals surface area contributed by atoms with Crippen LogP contribution in [-0.2, 0) is 7.05 Å². The summed E-state index contributed by atoms with van der Waals surface area (Å²) >= 11 is 6.18. The number of aryl methyl sites for hydroxylation is 1. The van der Waals surface area contributed by atoms with Crippen LogP contribution in [0.2, 0.25) is 5.15 Å². The average molecular weight is 484 g/mol. The first-order chi connectivity index (χ1) is 16.3. The minimum absolute atomic E-state index is 0.0718. The minimum Gasteiger partial charge on any atom is -0.494 e. The highest BCUT2D eigenvalue weighted by molar-refractivity contribution is 6.29. The van der Waals surface area contributed by atoms with Gasteiger partial charge in [-0.1, -0.05) is 11.6 Å². The highest BCUT2D eigenvalue weighted by Crippen LogP contribution is 2.36. The van der Waals surface area contributed by atoms with Gasteiger partial charge in [0.05, 0.1) is 24.0 Å². The van der Waals surface area contributed by atoms with Gasteiger partial charge in [-0.2, -0.15) is 5.26 Å². The molecule has 9 heteroatoms. The lowest BCUT2D eigenvalue weighted by Crippen LogP contribution is -2.42. The van der Waals surface area contributed by atoms with E-state index in [4.69, 9.17) is 16.3 Å². The molecule has 1 saturated carbocycles. The molecule has 1 aliphatic carbocycles. The van der Waals surface area contributed by atoms with Crippen molar-refractivity contribution >= 4 is 34.0 Å². The first-order valence-electron chi connectivity index (χ1n) is 11.1. The number of fused-ring (bicyclic) bond motifs is 1. The van der Waals surface area contributed by atoms with Crippen molar-refractivity contribution in [3.63, 3.8) is 0 Å². The van der Waals surface area contributed by atoms with Crippen LogP contribution in [0, 0.1) is 17.1 Å². The van der Waals surface area contributed by atoms with Crippen LogP contribution in [0.15, 0.2) is 35.1 Å². The zero-order valence-electron chi connectivity index (χ0n) is 19.7. The smallest absolute Gasteiger partial charge is 0.270 e. The number of methoxy groups -OCH3 is 1. The van der Waals surface area contributed by atoms with Gasteiger partial charge < -0.3 is 19.1 Å². The van der Waals surface area contributed by atoms with E-state index in [0.717, 1.165) is 31.4 Å². The van der Waals surface area contributed by atoms with Crippen LogP contribution < -0.4 is 20.1 Å². The van der Waals surface area contributed by atoms with Gasteiger partial charge in [-0.3, -0.25) is 4.79 Å². The van der Waals surface area contributed by atoms with Crippen LogP contribution in [-0.4, -0.2) is 42.8 Å². The molecule has 0 amide bonds. The third-order valence-electron chi connectivity index (χ3n) is 6.93. The van der Waals surface area contributed by atoms with Crippen LogP contribution in [0.5, 0.6) is 5.75 Å². The molecule has 0 N–H and O–H groups in total. The van der Waals surface area contributed by atoms with Gasteiger partial charge >= 0.3 is 0 Å². The number of ether oxygens (including phenoxy) is 1. The Kier molecular flexibility index (Phi) is 6.67. The third-order valence-corrected chi connectivity index (χ3v) is 7.14. The second kappa shape index (κ2) is 9.51. The van der Waals surface area contributed by atoms with Crippen molar-refractivity contribution in [2.75, 3.05) is 31.0 Å². The normalized spacial score (nSPS) is 17.9. The van der Waals surface area contributed by atoms with Crippen molar-refractivity contribution in [3.05, 3.63) is 57.2 Å². The van der Waals surface area contributed by atoms with Gasteiger partial charge in [0.15, 0.2) is 0 Å². The van der Waals surface area contributed by atoms with Gasteiger partial charge in [-0.15, -0.1) is 0 Å². The number of hydrogen-bond donors (Lipinski definition) is 0. The van der Waals surface area contributed by atoms with E-state index in [1.54, 1.807) is 32.4 Å². The van der Waals surface area contributed by atoms with E-state index in [1.807, 2.05) is 19.0 Å². The maximum absolute atomic E-state index is 13.6. The van der Waals surface area contributed by atoms with Crippen LogP contribution in [0.25, 0.3) is 11.0 Å². The summed E-state index contributed by atoms with van der Waals surface area (Å²) in [5, 5.41) is 10.1. The van der Waals surface area contributed by atoms with E-state index < -0.39 is 0 Å². The summed E-state index contributed by atoms with van der Waals surface area (Å²) in [4.78, 5) is 21.5. The highest BCUT2D eigenvalue weighted by atomic mass is 35.5. The highest BCUT2D eigenvalue weighted by Gasteiger charge is 2.30. The van der Waals surface area contributed by atoms with Crippen LogP contribution >= 0.6 is 11.6 Å². The molecule has 178 valence electrons. The lowest BCUT2D eigenvalue weighted by Gasteiger charge is -2.40. The molecular weight excluding hydrogens is 457 g/mol. The Hall–Kier alpha value is -3.31. The van der Waals surface area contributed by atoms with E-state index in [1.165, 1.54) is 16.7 Å². The number of rotatable bonds is 5. The number of nitrogens with zero attached hydrogens (tertiary/aromatic N) is 5. The molecule has 0 spiro atoms. The van der Waals surface area contributed by atoms with Gasteiger partial charge in [-0.25, -0.2) is 9.37 Å². The zero-order chi connectivity index (χ0) is 24.6. The van der Waals surface area contributed by atoms with E-state index in [9.17, 15) is 14.4 Å². The summed E-state index contributed by atoms with van der Waals surface area (Å²) in [5.41, 5.74) is 2.28. The summed E-state index contributed by atoms with van der Waals surface area (Å²) in [6, 6.07) is 10.5. The molecule has 7 nitrogen and oxygen atoms in total. The van der Waals surface area contributed by atoms with E-state index >= 15 is 0 Å². The average Bonchev–Trinajstić information content (AvgIpc) is 2.85. The third kappa shape index (κ3) is 4.16. The first-order valence-corrected chi connectivity index (χ1v) is 11.5. The number of nitriles is 1. The number of pyridine rings is 2. The Labute approximate surface area is 202 Å². The van der Waals surface area contributed by atoms with Crippen molar-refractivity contribution in [3.8, 4) is 11.8 Å². The molecule has 0 aliphatic heterocycles. The Balaban J connectivity index is 1.61. The Morgan fingerprint density at radius 3 is 2.41 bits per heavy atom. The largest absolute Gasteiger partial charge is 0.494 e. The summed E-state index contributed by atoms with van der Waals surface area (Å²) in [7, 11) is 7.09. The SMILES string of the molecule is COc1cc(F)ccc1N(C)[C@H]1CC[C@H](N(C)c2c(C#N)c(=O)n(C)c3ccc(Cl)nc23)CC1. The number of anilines is 2. The lowest BCUT2D eigenvalue weighted by molar-refractivity contribution is 0.370. The molecule has 3 aromatic rings. The lowest BCUT2D eigenvalue weighted by atomic mass is 9.88. The minimum atomic E-state index is -0.349. The molecule has 34 heavy (non-hydrogen) atoms. The topological polar surface area (TPSA) is 74.4 Å². The van der Waals surface area contributed by atoms with Crippen molar-refractivity contribution in [2.24, 2.45) is 7.05 Å². The van der Waals surface area contributed by atoms with E-state index in [0.29, 0.717) is 27.6 Å². The molecule has 2 heterocycles.